The Bertz CT molecular complexity index is 542. The van der Waals surface area contributed by atoms with Gasteiger partial charge in [-0.3, -0.25) is 4.79 Å². The topological polar surface area (TPSA) is 35.5 Å². The fraction of sp³-hybridized carbons (Fsp3) is 0.500. The van der Waals surface area contributed by atoms with Crippen LogP contribution in [0.25, 0.3) is 0 Å². The van der Waals surface area contributed by atoms with Gasteiger partial charge in [-0.2, -0.15) is 17.6 Å². The molecule has 1 saturated carbocycles. The molecule has 3 nitrogen and oxygen atoms in total. The maximum atomic E-state index is 13.9. The highest BCUT2D eigenvalue weighted by atomic mass is 19.3. The van der Waals surface area contributed by atoms with Crippen molar-refractivity contribution in [2.45, 2.75) is 30.6 Å². The van der Waals surface area contributed by atoms with E-state index in [-0.39, 0.29) is 5.56 Å². The lowest BCUT2D eigenvalue weighted by molar-refractivity contribution is -0.323. The minimum absolute atomic E-state index is 0.214. The maximum absolute atomic E-state index is 13.9. The zero-order valence-corrected chi connectivity index (χ0v) is 11.5. The van der Waals surface area contributed by atoms with Gasteiger partial charge in [0.1, 0.15) is 5.75 Å². The van der Waals surface area contributed by atoms with Crippen LogP contribution >= 0.6 is 0 Å². The van der Waals surface area contributed by atoms with Gasteiger partial charge < -0.3 is 9.47 Å². The lowest BCUT2D eigenvalue weighted by Gasteiger charge is -2.51. The number of alkyl halides is 4. The standard InChI is InChI=1S/C14H14F4O3/c1-3-21-10-6-4-9(5-7-10)12(11(19)20-2)8-13(15,16)14(12,17)18/h4-7H,3,8H2,1-2H3. The molecule has 1 aromatic rings. The molecular weight excluding hydrogens is 292 g/mol. The number of hydrogen-bond acceptors (Lipinski definition) is 3. The Morgan fingerprint density at radius 3 is 2.14 bits per heavy atom. The summed E-state index contributed by atoms with van der Waals surface area (Å²) in [6.45, 7) is 2.11. The summed E-state index contributed by atoms with van der Waals surface area (Å²) in [7, 11) is 0.894. The van der Waals surface area contributed by atoms with Crippen molar-refractivity contribution < 1.29 is 31.8 Å². The third-order valence-corrected chi connectivity index (χ3v) is 3.67. The molecule has 2 rings (SSSR count). The number of rotatable bonds is 4. The zero-order valence-electron chi connectivity index (χ0n) is 11.5. The summed E-state index contributed by atoms with van der Waals surface area (Å²) in [6, 6.07) is 5.09. The molecule has 0 amide bonds. The first-order valence-corrected chi connectivity index (χ1v) is 6.30. The van der Waals surface area contributed by atoms with Crippen LogP contribution in [0, 0.1) is 0 Å². The van der Waals surface area contributed by atoms with E-state index in [0.29, 0.717) is 12.4 Å². The molecule has 1 aliphatic carbocycles. The van der Waals surface area contributed by atoms with Crippen molar-refractivity contribution in [3.63, 3.8) is 0 Å². The number of halogens is 4. The van der Waals surface area contributed by atoms with E-state index < -0.39 is 29.7 Å². The summed E-state index contributed by atoms with van der Waals surface area (Å²) in [5, 5.41) is 0. The second kappa shape index (κ2) is 4.89. The van der Waals surface area contributed by atoms with Crippen molar-refractivity contribution >= 4 is 5.97 Å². The Labute approximate surface area is 118 Å². The number of ether oxygens (including phenoxy) is 2. The molecule has 1 atom stereocenters. The van der Waals surface area contributed by atoms with E-state index in [0.717, 1.165) is 7.11 Å². The second-order valence-corrected chi connectivity index (χ2v) is 4.81. The van der Waals surface area contributed by atoms with Crippen LogP contribution in [0.5, 0.6) is 5.75 Å². The second-order valence-electron chi connectivity index (χ2n) is 4.81. The number of methoxy groups -OCH3 is 1. The van der Waals surface area contributed by atoms with Gasteiger partial charge in [0, 0.05) is 6.42 Å². The van der Waals surface area contributed by atoms with Crippen LogP contribution in [0.1, 0.15) is 18.9 Å². The van der Waals surface area contributed by atoms with Crippen LogP contribution in [0.2, 0.25) is 0 Å². The van der Waals surface area contributed by atoms with Crippen molar-refractivity contribution in [1.82, 2.24) is 0 Å². The van der Waals surface area contributed by atoms with Crippen LogP contribution < -0.4 is 4.74 Å². The fourth-order valence-corrected chi connectivity index (χ4v) is 2.54. The number of benzene rings is 1. The van der Waals surface area contributed by atoms with Crippen LogP contribution in [0.15, 0.2) is 24.3 Å². The summed E-state index contributed by atoms with van der Waals surface area (Å²) in [4.78, 5) is 11.8. The summed E-state index contributed by atoms with van der Waals surface area (Å²) < 4.78 is 63.8. The SMILES string of the molecule is CCOc1ccc(C2(C(=O)OC)CC(F)(F)C2(F)F)cc1. The summed E-state index contributed by atoms with van der Waals surface area (Å²) >= 11 is 0. The molecule has 0 bridgehead atoms. The van der Waals surface area contributed by atoms with Crippen LogP contribution in [0.4, 0.5) is 17.6 Å². The number of hydrogen-bond donors (Lipinski definition) is 0. The van der Waals surface area contributed by atoms with Gasteiger partial charge in [0.15, 0.2) is 5.41 Å². The van der Waals surface area contributed by atoms with Gasteiger partial charge in [-0.1, -0.05) is 12.1 Å². The third kappa shape index (κ3) is 1.98. The Morgan fingerprint density at radius 1 is 1.19 bits per heavy atom. The fourth-order valence-electron chi connectivity index (χ4n) is 2.54. The van der Waals surface area contributed by atoms with Gasteiger partial charge in [0.05, 0.1) is 13.7 Å². The minimum Gasteiger partial charge on any atom is -0.494 e. The molecule has 1 fully saturated rings. The number of esters is 1. The Morgan fingerprint density at radius 2 is 1.76 bits per heavy atom. The van der Waals surface area contributed by atoms with E-state index in [1.165, 1.54) is 24.3 Å². The molecule has 0 saturated heterocycles. The molecule has 0 radical (unpaired) electrons. The lowest BCUT2D eigenvalue weighted by Crippen LogP contribution is -2.72. The summed E-state index contributed by atoms with van der Waals surface area (Å²) in [6.07, 6.45) is -1.28. The molecule has 0 aromatic heterocycles. The molecule has 1 aliphatic rings. The largest absolute Gasteiger partial charge is 0.494 e. The molecule has 21 heavy (non-hydrogen) atoms. The van der Waals surface area contributed by atoms with E-state index in [1.807, 2.05) is 0 Å². The summed E-state index contributed by atoms with van der Waals surface area (Å²) in [5.74, 6) is -9.71. The van der Waals surface area contributed by atoms with Crippen molar-refractivity contribution in [2.24, 2.45) is 0 Å². The smallest absolute Gasteiger partial charge is 0.330 e. The quantitative estimate of drug-likeness (QED) is 0.633. The highest BCUT2D eigenvalue weighted by Gasteiger charge is 2.84. The lowest BCUT2D eigenvalue weighted by atomic mass is 9.58. The normalized spacial score (nSPS) is 25.8. The highest BCUT2D eigenvalue weighted by molar-refractivity contribution is 5.87. The first-order valence-electron chi connectivity index (χ1n) is 6.30. The molecule has 1 unspecified atom stereocenters. The molecule has 0 N–H and O–H groups in total. The number of carbonyl (C=O) groups excluding carboxylic acids is 1. The molecule has 1 aromatic carbocycles. The van der Waals surface area contributed by atoms with Crippen LogP contribution in [-0.4, -0.2) is 31.5 Å². The zero-order chi connectivity index (χ0) is 15.9. The Hall–Kier alpha value is -1.79. The van der Waals surface area contributed by atoms with E-state index in [2.05, 4.69) is 4.74 Å². The minimum atomic E-state index is -4.50. The van der Waals surface area contributed by atoms with Crippen molar-refractivity contribution in [2.75, 3.05) is 13.7 Å². The molecular formula is C14H14F4O3. The molecule has 0 spiro atoms. The molecule has 0 heterocycles. The maximum Gasteiger partial charge on any atom is 0.330 e. The van der Waals surface area contributed by atoms with E-state index >= 15 is 0 Å². The van der Waals surface area contributed by atoms with Gasteiger partial charge in [-0.25, -0.2) is 0 Å². The number of carbonyl (C=O) groups is 1. The van der Waals surface area contributed by atoms with Gasteiger partial charge in [0.2, 0.25) is 0 Å². The van der Waals surface area contributed by atoms with Crippen molar-refractivity contribution in [1.29, 1.82) is 0 Å². The van der Waals surface area contributed by atoms with Crippen molar-refractivity contribution in [3.05, 3.63) is 29.8 Å². The van der Waals surface area contributed by atoms with Gasteiger partial charge in [-0.05, 0) is 24.6 Å². The van der Waals surface area contributed by atoms with Gasteiger partial charge in [0.25, 0.3) is 0 Å². The average molecular weight is 306 g/mol. The molecule has 0 aliphatic heterocycles. The first-order chi connectivity index (χ1) is 9.73. The van der Waals surface area contributed by atoms with E-state index in [1.54, 1.807) is 6.92 Å². The monoisotopic (exact) mass is 306 g/mol. The molecule has 7 heteroatoms. The Kier molecular flexibility index (Phi) is 3.63. The van der Waals surface area contributed by atoms with E-state index in [9.17, 15) is 22.4 Å². The third-order valence-electron chi connectivity index (χ3n) is 3.67. The Balaban J connectivity index is 2.46. The summed E-state index contributed by atoms with van der Waals surface area (Å²) in [5.41, 5.74) is -2.87. The first kappa shape index (κ1) is 15.6. The van der Waals surface area contributed by atoms with Crippen LogP contribution in [-0.2, 0) is 14.9 Å². The van der Waals surface area contributed by atoms with Gasteiger partial charge >= 0.3 is 17.8 Å². The molecule has 116 valence electrons. The van der Waals surface area contributed by atoms with E-state index in [4.69, 9.17) is 4.74 Å². The van der Waals surface area contributed by atoms with Crippen LogP contribution in [0.3, 0.4) is 0 Å². The average Bonchev–Trinajstić information content (AvgIpc) is 2.45. The van der Waals surface area contributed by atoms with Gasteiger partial charge in [-0.15, -0.1) is 0 Å². The predicted octanol–water partition coefficient (Wildman–Crippen LogP) is 3.17. The van der Waals surface area contributed by atoms with Crippen molar-refractivity contribution in [3.8, 4) is 5.75 Å². The predicted molar refractivity (Wildman–Crippen MR) is 65.8 cm³/mol. The highest BCUT2D eigenvalue weighted by Crippen LogP contribution is 2.64.